The number of esters is 1. The molecule has 4 amide bonds. The molecule has 2 aromatic heterocycles. The molecule has 0 bridgehead atoms. The number of furan rings is 1. The smallest absolute Gasteiger partial charge is 0.410 e. The van der Waals surface area contributed by atoms with E-state index in [2.05, 4.69) is 16.0 Å². The molecule has 3 heterocycles. The van der Waals surface area contributed by atoms with Gasteiger partial charge in [0, 0.05) is 33.6 Å². The minimum absolute atomic E-state index is 0.0279. The predicted octanol–water partition coefficient (Wildman–Crippen LogP) is 7.34. The molecule has 1 atom stereocenters. The number of rotatable bonds is 11. The molecule has 5 rings (SSSR count). The fourth-order valence-electron chi connectivity index (χ4n) is 5.17. The highest BCUT2D eigenvalue weighted by molar-refractivity contribution is 8.00. The van der Waals surface area contributed by atoms with Crippen LogP contribution in [0.3, 0.4) is 0 Å². The predicted molar refractivity (Wildman–Crippen MR) is 200 cm³/mol. The number of ether oxygens (including phenoxy) is 2. The van der Waals surface area contributed by atoms with Gasteiger partial charge in [-0.25, -0.2) is 9.59 Å². The zero-order valence-corrected chi connectivity index (χ0v) is 31.1. The number of carbonyl (C=O) groups excluding carboxylic acids is 5. The molecular weight excluding hydrogens is 705 g/mol. The van der Waals surface area contributed by atoms with E-state index < -0.39 is 34.7 Å². The van der Waals surface area contributed by atoms with Crippen LogP contribution in [-0.4, -0.2) is 58.7 Å². The van der Waals surface area contributed by atoms with E-state index in [-0.39, 0.29) is 24.8 Å². The quantitative estimate of drug-likeness (QED) is 0.0813. The number of nitrogens with one attached hydrogen (secondary N) is 3. The lowest BCUT2D eigenvalue weighted by atomic mass is 10.0. The highest BCUT2D eigenvalue weighted by Crippen LogP contribution is 2.39. The molecule has 14 heteroatoms. The van der Waals surface area contributed by atoms with Crippen molar-refractivity contribution in [1.29, 1.82) is 0 Å². The average Bonchev–Trinajstić information content (AvgIpc) is 3.75. The lowest BCUT2D eigenvalue weighted by molar-refractivity contribution is -0.115. The van der Waals surface area contributed by atoms with Crippen molar-refractivity contribution in [2.45, 2.75) is 63.3 Å². The largest absolute Gasteiger partial charge is 0.465 e. The van der Waals surface area contributed by atoms with Crippen LogP contribution in [-0.2, 0) is 32.0 Å². The van der Waals surface area contributed by atoms with Crippen LogP contribution in [0.2, 0.25) is 0 Å². The minimum atomic E-state index is -0.651. The van der Waals surface area contributed by atoms with E-state index >= 15 is 0 Å². The second-order valence-electron chi connectivity index (χ2n) is 12.7. The Morgan fingerprint density at radius 3 is 2.48 bits per heavy atom. The monoisotopic (exact) mass is 744 g/mol. The molecule has 1 aliphatic heterocycles. The van der Waals surface area contributed by atoms with Gasteiger partial charge in [-0.3, -0.25) is 14.4 Å². The van der Waals surface area contributed by atoms with Crippen LogP contribution in [0.15, 0.2) is 88.0 Å². The van der Waals surface area contributed by atoms with Crippen LogP contribution in [0.1, 0.15) is 71.5 Å². The molecule has 3 N–H and O–H groups in total. The maximum atomic E-state index is 13.5. The zero-order chi connectivity index (χ0) is 37.4. The van der Waals surface area contributed by atoms with Gasteiger partial charge >= 0.3 is 12.1 Å². The highest BCUT2D eigenvalue weighted by Gasteiger charge is 2.33. The first-order valence-corrected chi connectivity index (χ1v) is 18.3. The third kappa shape index (κ3) is 9.92. The summed E-state index contributed by atoms with van der Waals surface area (Å²) in [6.45, 7) is 9.62. The molecule has 0 spiro atoms. The van der Waals surface area contributed by atoms with Crippen molar-refractivity contribution in [2.75, 3.05) is 23.8 Å². The first-order chi connectivity index (χ1) is 24.8. The number of nitrogens with zero attached hydrogens (tertiary/aromatic N) is 1. The molecule has 0 radical (unpaired) electrons. The summed E-state index contributed by atoms with van der Waals surface area (Å²) in [7, 11) is 0. The summed E-state index contributed by atoms with van der Waals surface area (Å²) in [5.41, 5.74) is 1.20. The highest BCUT2D eigenvalue weighted by atomic mass is 32.2. The topological polar surface area (TPSA) is 156 Å². The van der Waals surface area contributed by atoms with Gasteiger partial charge in [0.15, 0.2) is 0 Å². The van der Waals surface area contributed by atoms with Gasteiger partial charge in [0.25, 0.3) is 11.8 Å². The molecule has 0 saturated heterocycles. The number of thioether (sulfide) groups is 1. The standard InChI is InChI=1S/C38H40N4O8S2/c1-6-48-36(46)31-28-17-18-42(37(47)50-38(3,4)5)22-30(28)52-35(31)41-32(43)23(2)51-27-16-10-14-25(20-27)39-34(45)29(21-26-15-11-19-49-26)40-33(44)24-12-8-7-9-13-24/h7-16,19-21,23H,6,17-18,22H2,1-5H3,(H,39,45)(H,40,44)(H,41,43)/b29-21-. The van der Waals surface area contributed by atoms with Crippen LogP contribution in [0.5, 0.6) is 0 Å². The lowest BCUT2D eigenvalue weighted by Crippen LogP contribution is -2.39. The summed E-state index contributed by atoms with van der Waals surface area (Å²) in [6.07, 6.45) is 2.86. The van der Waals surface area contributed by atoms with Crippen molar-refractivity contribution in [3.05, 3.63) is 106 Å². The molecule has 1 unspecified atom stereocenters. The molecule has 272 valence electrons. The van der Waals surface area contributed by atoms with Gasteiger partial charge in [0.1, 0.15) is 22.1 Å². The summed E-state index contributed by atoms with van der Waals surface area (Å²) < 4.78 is 16.3. The van der Waals surface area contributed by atoms with Crippen LogP contribution in [0, 0.1) is 0 Å². The number of carbonyl (C=O) groups is 5. The van der Waals surface area contributed by atoms with Crippen molar-refractivity contribution in [3.8, 4) is 0 Å². The van der Waals surface area contributed by atoms with E-state index in [0.29, 0.717) is 45.4 Å². The number of thiophene rings is 1. The Hall–Kier alpha value is -5.34. The average molecular weight is 745 g/mol. The minimum Gasteiger partial charge on any atom is -0.465 e. The maximum absolute atomic E-state index is 13.5. The van der Waals surface area contributed by atoms with E-state index in [4.69, 9.17) is 13.9 Å². The molecule has 2 aromatic carbocycles. The molecule has 0 fully saturated rings. The molecule has 1 aliphatic rings. The van der Waals surface area contributed by atoms with E-state index in [1.54, 1.807) is 106 Å². The number of amides is 4. The van der Waals surface area contributed by atoms with Gasteiger partial charge in [0.2, 0.25) is 5.91 Å². The molecule has 0 aliphatic carbocycles. The second kappa shape index (κ2) is 16.8. The first-order valence-electron chi connectivity index (χ1n) is 16.6. The molecule has 12 nitrogen and oxygen atoms in total. The Labute approximate surface area is 309 Å². The summed E-state index contributed by atoms with van der Waals surface area (Å²) in [4.78, 5) is 68.7. The lowest BCUT2D eigenvalue weighted by Gasteiger charge is -2.30. The SMILES string of the molecule is CCOC(=O)c1c(NC(=O)C(C)Sc2cccc(NC(=O)/C(=C/c3ccco3)NC(=O)c3ccccc3)c2)sc2c1CCN(C(=O)OC(C)(C)C)C2. The molecule has 0 saturated carbocycles. The Bertz CT molecular complexity index is 1970. The Kier molecular flexibility index (Phi) is 12.2. The first kappa shape index (κ1) is 37.9. The van der Waals surface area contributed by atoms with Gasteiger partial charge in [-0.2, -0.15) is 0 Å². The summed E-state index contributed by atoms with van der Waals surface area (Å²) in [6, 6.07) is 18.8. The fourth-order valence-corrected chi connectivity index (χ4v) is 7.35. The van der Waals surface area contributed by atoms with Crippen LogP contribution in [0.25, 0.3) is 6.08 Å². The van der Waals surface area contributed by atoms with Crippen molar-refractivity contribution >= 4 is 69.6 Å². The van der Waals surface area contributed by atoms with Gasteiger partial charge in [-0.1, -0.05) is 24.3 Å². The second-order valence-corrected chi connectivity index (χ2v) is 15.2. The summed E-state index contributed by atoms with van der Waals surface area (Å²) in [5.74, 6) is -1.55. The van der Waals surface area contributed by atoms with Crippen LogP contribution < -0.4 is 16.0 Å². The van der Waals surface area contributed by atoms with Crippen molar-refractivity contribution in [1.82, 2.24) is 10.2 Å². The van der Waals surface area contributed by atoms with Gasteiger partial charge in [-0.15, -0.1) is 23.1 Å². The number of benzene rings is 2. The number of hydrogen-bond acceptors (Lipinski definition) is 10. The van der Waals surface area contributed by atoms with Crippen molar-refractivity contribution in [3.63, 3.8) is 0 Å². The van der Waals surface area contributed by atoms with Gasteiger partial charge in [0.05, 0.1) is 30.2 Å². The van der Waals surface area contributed by atoms with Crippen molar-refractivity contribution < 1.29 is 37.9 Å². The Morgan fingerprint density at radius 2 is 1.79 bits per heavy atom. The van der Waals surface area contributed by atoms with Gasteiger partial charge in [-0.05, 0) is 89.1 Å². The summed E-state index contributed by atoms with van der Waals surface area (Å²) in [5, 5.41) is 8.15. The third-order valence-electron chi connectivity index (χ3n) is 7.56. The van der Waals surface area contributed by atoms with Crippen molar-refractivity contribution in [2.24, 2.45) is 0 Å². The fraction of sp³-hybridized carbons (Fsp3) is 0.289. The third-order valence-corrected chi connectivity index (χ3v) is 9.78. The normalized spacial score (nSPS) is 13.4. The summed E-state index contributed by atoms with van der Waals surface area (Å²) >= 11 is 2.50. The number of fused-ring (bicyclic) bond motifs is 1. The Balaban J connectivity index is 1.27. The van der Waals surface area contributed by atoms with Gasteiger partial charge < -0.3 is 34.7 Å². The van der Waals surface area contributed by atoms with Crippen LogP contribution in [0.4, 0.5) is 15.5 Å². The molecule has 52 heavy (non-hydrogen) atoms. The number of hydrogen-bond donors (Lipinski definition) is 3. The maximum Gasteiger partial charge on any atom is 0.410 e. The molecular formula is C38H40N4O8S2. The van der Waals surface area contributed by atoms with E-state index in [1.807, 2.05) is 0 Å². The van der Waals surface area contributed by atoms with E-state index in [9.17, 15) is 24.0 Å². The van der Waals surface area contributed by atoms with E-state index in [1.165, 1.54) is 35.4 Å². The van der Waals surface area contributed by atoms with Crippen LogP contribution >= 0.6 is 23.1 Å². The zero-order valence-electron chi connectivity index (χ0n) is 29.4. The molecule has 4 aromatic rings. The van der Waals surface area contributed by atoms with E-state index in [0.717, 1.165) is 10.4 Å². The number of anilines is 2. The Morgan fingerprint density at radius 1 is 1.02 bits per heavy atom.